The molecule has 2 heteroatoms. The van der Waals surface area contributed by atoms with E-state index in [1.807, 2.05) is 0 Å². The highest BCUT2D eigenvalue weighted by molar-refractivity contribution is 5.87. The summed E-state index contributed by atoms with van der Waals surface area (Å²) in [6.07, 6.45) is 6.47. The molecule has 2 fully saturated rings. The largest absolute Gasteiger partial charge is 0.494 e. The molecule has 0 bridgehead atoms. The van der Waals surface area contributed by atoms with Gasteiger partial charge in [0.15, 0.2) is 0 Å². The molecule has 6 atom stereocenters. The molecule has 2 unspecified atom stereocenters. The average molecular weight is 355 g/mol. The van der Waals surface area contributed by atoms with E-state index in [1.54, 1.807) is 5.56 Å². The number of benzene rings is 1. The van der Waals surface area contributed by atoms with E-state index in [1.165, 1.54) is 18.4 Å². The van der Waals surface area contributed by atoms with Crippen LogP contribution in [0.1, 0.15) is 76.8 Å². The quantitative estimate of drug-likeness (QED) is 0.685. The summed E-state index contributed by atoms with van der Waals surface area (Å²) in [7, 11) is 0. The summed E-state index contributed by atoms with van der Waals surface area (Å²) in [5, 5.41) is 0. The molecule has 0 saturated heterocycles. The van der Waals surface area contributed by atoms with Gasteiger partial charge in [-0.15, -0.1) is 0 Å². The van der Waals surface area contributed by atoms with Crippen molar-refractivity contribution in [3.63, 3.8) is 0 Å². The number of fused-ring (bicyclic) bond motifs is 5. The lowest BCUT2D eigenvalue weighted by Gasteiger charge is -2.52. The zero-order valence-corrected chi connectivity index (χ0v) is 16.9. The molecule has 0 amide bonds. The van der Waals surface area contributed by atoms with E-state index in [2.05, 4.69) is 45.9 Å². The van der Waals surface area contributed by atoms with Crippen LogP contribution in [0.3, 0.4) is 0 Å². The number of hydrogen-bond acceptors (Lipinski definition) is 2. The Bertz CT molecular complexity index is 693. The lowest BCUT2D eigenvalue weighted by molar-refractivity contribution is -0.130. The monoisotopic (exact) mass is 354 g/mol. The van der Waals surface area contributed by atoms with E-state index in [-0.39, 0.29) is 5.41 Å². The van der Waals surface area contributed by atoms with Crippen LogP contribution in [0.25, 0.3) is 0 Å². The minimum atomic E-state index is -0.0598. The van der Waals surface area contributed by atoms with Gasteiger partial charge in [0.1, 0.15) is 11.5 Å². The van der Waals surface area contributed by atoms with Crippen molar-refractivity contribution in [1.82, 2.24) is 0 Å². The van der Waals surface area contributed by atoms with E-state index >= 15 is 0 Å². The molecular weight excluding hydrogens is 320 g/mol. The zero-order valence-electron chi connectivity index (χ0n) is 16.9. The van der Waals surface area contributed by atoms with Gasteiger partial charge in [-0.1, -0.05) is 40.2 Å². The standard InChI is InChI=1S/C24H34O2/c1-5-11-26-18-7-8-19-17(14-18)13-16(6-2)22-20(19)9-10-24(4)21(25)12-15(3)23(22)24/h7-8,14-16,20,22-23H,5-6,9-13H2,1-4H3/t15?,16-,20-,22-,23?,24-/m1/s1. The highest BCUT2D eigenvalue weighted by Crippen LogP contribution is 2.63. The number of hydrogen-bond donors (Lipinski definition) is 0. The molecule has 0 N–H and O–H groups in total. The highest BCUT2D eigenvalue weighted by atomic mass is 16.5. The topological polar surface area (TPSA) is 26.3 Å². The second-order valence-electron chi connectivity index (χ2n) is 9.35. The molecule has 142 valence electrons. The van der Waals surface area contributed by atoms with Gasteiger partial charge in [0.2, 0.25) is 0 Å². The molecule has 0 heterocycles. The first-order chi connectivity index (χ1) is 12.5. The molecule has 3 aliphatic carbocycles. The van der Waals surface area contributed by atoms with Gasteiger partial charge >= 0.3 is 0 Å². The number of Topliss-reactive ketones (excluding diaryl/α,β-unsaturated/α-hetero) is 1. The van der Waals surface area contributed by atoms with Gasteiger partial charge < -0.3 is 4.74 Å². The Kier molecular flexibility index (Phi) is 4.65. The number of carbonyl (C=O) groups excluding carboxylic acids is 1. The molecule has 4 rings (SSSR count). The fraction of sp³-hybridized carbons (Fsp3) is 0.708. The molecule has 0 aromatic heterocycles. The third kappa shape index (κ3) is 2.63. The molecule has 2 nitrogen and oxygen atoms in total. The summed E-state index contributed by atoms with van der Waals surface area (Å²) in [6.45, 7) is 9.91. The van der Waals surface area contributed by atoms with Gasteiger partial charge in [0.25, 0.3) is 0 Å². The van der Waals surface area contributed by atoms with Crippen molar-refractivity contribution in [3.05, 3.63) is 29.3 Å². The maximum absolute atomic E-state index is 12.8. The SMILES string of the molecule is CCCOc1ccc2c(c1)C[C@@H](CC)[C@H]1C3C(C)CC(=O)[C@@]3(C)CC[C@H]21. The normalized spacial score (nSPS) is 38.5. The maximum Gasteiger partial charge on any atom is 0.139 e. The Labute approximate surface area is 158 Å². The number of rotatable bonds is 4. The van der Waals surface area contributed by atoms with Gasteiger partial charge in [-0.25, -0.2) is 0 Å². The third-order valence-corrected chi connectivity index (χ3v) is 7.88. The minimum Gasteiger partial charge on any atom is -0.494 e. The lowest BCUT2D eigenvalue weighted by Crippen LogP contribution is -2.47. The Morgan fingerprint density at radius 1 is 1.23 bits per heavy atom. The van der Waals surface area contributed by atoms with Crippen LogP contribution < -0.4 is 4.74 Å². The average Bonchev–Trinajstić information content (AvgIpc) is 2.87. The summed E-state index contributed by atoms with van der Waals surface area (Å²) in [4.78, 5) is 12.8. The summed E-state index contributed by atoms with van der Waals surface area (Å²) in [6, 6.07) is 6.82. The van der Waals surface area contributed by atoms with Crippen LogP contribution in [-0.4, -0.2) is 12.4 Å². The van der Waals surface area contributed by atoms with Gasteiger partial charge in [0.05, 0.1) is 6.61 Å². The molecule has 3 aliphatic rings. The van der Waals surface area contributed by atoms with Gasteiger partial charge in [-0.3, -0.25) is 4.79 Å². The van der Waals surface area contributed by atoms with Crippen LogP contribution in [0.2, 0.25) is 0 Å². The molecule has 1 aromatic rings. The molecule has 26 heavy (non-hydrogen) atoms. The Morgan fingerprint density at radius 2 is 2.04 bits per heavy atom. The Hall–Kier alpha value is -1.31. The van der Waals surface area contributed by atoms with Crippen LogP contribution in [0.5, 0.6) is 5.75 Å². The first-order valence-electron chi connectivity index (χ1n) is 10.8. The lowest BCUT2D eigenvalue weighted by atomic mass is 9.51. The number of ketones is 1. The summed E-state index contributed by atoms with van der Waals surface area (Å²) < 4.78 is 5.90. The van der Waals surface area contributed by atoms with Crippen molar-refractivity contribution in [2.24, 2.45) is 29.1 Å². The van der Waals surface area contributed by atoms with Crippen LogP contribution in [0, 0.1) is 29.1 Å². The summed E-state index contributed by atoms with van der Waals surface area (Å²) in [5.41, 5.74) is 3.00. The molecule has 0 aliphatic heterocycles. The first-order valence-corrected chi connectivity index (χ1v) is 10.8. The van der Waals surface area contributed by atoms with Crippen LogP contribution in [0.4, 0.5) is 0 Å². The van der Waals surface area contributed by atoms with E-state index in [4.69, 9.17) is 4.74 Å². The highest BCUT2D eigenvalue weighted by Gasteiger charge is 2.59. The summed E-state index contributed by atoms with van der Waals surface area (Å²) in [5.74, 6) is 4.70. The smallest absolute Gasteiger partial charge is 0.139 e. The van der Waals surface area contributed by atoms with Crippen LogP contribution >= 0.6 is 0 Å². The molecular formula is C24H34O2. The van der Waals surface area contributed by atoms with Gasteiger partial charge in [0, 0.05) is 11.8 Å². The van der Waals surface area contributed by atoms with E-state index in [9.17, 15) is 4.79 Å². The van der Waals surface area contributed by atoms with Crippen molar-refractivity contribution in [3.8, 4) is 5.75 Å². The van der Waals surface area contributed by atoms with Crippen molar-refractivity contribution in [2.45, 2.75) is 72.1 Å². The van der Waals surface area contributed by atoms with Gasteiger partial charge in [-0.05, 0) is 78.5 Å². The minimum absolute atomic E-state index is 0.0598. The number of carbonyl (C=O) groups is 1. The van der Waals surface area contributed by atoms with Crippen LogP contribution in [-0.2, 0) is 11.2 Å². The molecule has 0 radical (unpaired) electrons. The van der Waals surface area contributed by atoms with Crippen molar-refractivity contribution in [1.29, 1.82) is 0 Å². The van der Waals surface area contributed by atoms with E-state index in [0.29, 0.717) is 35.4 Å². The van der Waals surface area contributed by atoms with E-state index in [0.717, 1.165) is 38.0 Å². The van der Waals surface area contributed by atoms with Gasteiger partial charge in [-0.2, -0.15) is 0 Å². The fourth-order valence-electron chi connectivity index (χ4n) is 6.72. The van der Waals surface area contributed by atoms with E-state index < -0.39 is 0 Å². The van der Waals surface area contributed by atoms with Crippen molar-refractivity contribution in [2.75, 3.05) is 6.61 Å². The molecule has 0 spiro atoms. The maximum atomic E-state index is 12.8. The second-order valence-corrected chi connectivity index (χ2v) is 9.35. The fourth-order valence-corrected chi connectivity index (χ4v) is 6.72. The zero-order chi connectivity index (χ0) is 18.5. The summed E-state index contributed by atoms with van der Waals surface area (Å²) >= 11 is 0. The first kappa shape index (κ1) is 18.1. The van der Waals surface area contributed by atoms with Crippen LogP contribution in [0.15, 0.2) is 18.2 Å². The predicted molar refractivity (Wildman–Crippen MR) is 106 cm³/mol. The van der Waals surface area contributed by atoms with Crippen molar-refractivity contribution < 1.29 is 9.53 Å². The van der Waals surface area contributed by atoms with Crippen molar-refractivity contribution >= 4 is 5.78 Å². The molecule has 1 aromatic carbocycles. The third-order valence-electron chi connectivity index (χ3n) is 7.88. The Balaban J connectivity index is 1.71. The molecule has 2 saturated carbocycles. The Morgan fingerprint density at radius 3 is 2.77 bits per heavy atom. The second kappa shape index (κ2) is 6.69. The predicted octanol–water partition coefficient (Wildman–Crippen LogP) is 5.78. The number of ether oxygens (including phenoxy) is 1.